The summed E-state index contributed by atoms with van der Waals surface area (Å²) in [5.41, 5.74) is 9.33. The zero-order chi connectivity index (χ0) is 10.1. The summed E-state index contributed by atoms with van der Waals surface area (Å²) >= 11 is 0. The van der Waals surface area contributed by atoms with Crippen LogP contribution in [0.15, 0.2) is 16.8 Å². The van der Waals surface area contributed by atoms with Gasteiger partial charge < -0.3 is 0 Å². The Labute approximate surface area is 84.8 Å². The number of nitrogens with zero attached hydrogens (tertiary/aromatic N) is 3. The van der Waals surface area contributed by atoms with Crippen molar-refractivity contribution in [3.63, 3.8) is 0 Å². The zero-order valence-electron chi connectivity index (χ0n) is 8.37. The Balaban J connectivity index is 2.18. The number of hydrogen-bond donors (Lipinski definition) is 0. The summed E-state index contributed by atoms with van der Waals surface area (Å²) in [5.74, 6) is 6.29. The van der Waals surface area contributed by atoms with E-state index in [0.29, 0.717) is 6.54 Å². The van der Waals surface area contributed by atoms with Crippen LogP contribution in [0.2, 0.25) is 0 Å². The van der Waals surface area contributed by atoms with Gasteiger partial charge in [0.1, 0.15) is 0 Å². The lowest BCUT2D eigenvalue weighted by Gasteiger charge is -2.05. The van der Waals surface area contributed by atoms with E-state index >= 15 is 0 Å². The lowest BCUT2D eigenvalue weighted by Crippen LogP contribution is -1.88. The lowest BCUT2D eigenvalue weighted by atomic mass is 10.00. The maximum absolute atomic E-state index is 8.04. The Hall–Kier alpha value is -1.39. The summed E-state index contributed by atoms with van der Waals surface area (Å²) < 4.78 is 0. The van der Waals surface area contributed by atoms with Crippen LogP contribution in [-0.2, 0) is 0 Å². The number of azide groups is 1. The highest BCUT2D eigenvalue weighted by Crippen LogP contribution is 2.16. The predicted molar refractivity (Wildman–Crippen MR) is 57.6 cm³/mol. The molecule has 14 heavy (non-hydrogen) atoms. The molecule has 0 atom stereocenters. The van der Waals surface area contributed by atoms with Gasteiger partial charge in [-0.2, -0.15) is 0 Å². The summed E-state index contributed by atoms with van der Waals surface area (Å²) in [6.07, 6.45) is 8.85. The second kappa shape index (κ2) is 7.06. The van der Waals surface area contributed by atoms with Gasteiger partial charge in [0, 0.05) is 17.9 Å². The summed E-state index contributed by atoms with van der Waals surface area (Å²) in [4.78, 5) is 2.69. The fraction of sp³-hybridized carbons (Fsp3) is 0.636. The molecule has 1 aliphatic carbocycles. The average molecular weight is 189 g/mol. The van der Waals surface area contributed by atoms with Crippen LogP contribution in [0.4, 0.5) is 0 Å². The number of unbranched alkanes of at least 4 members (excludes halogenated alkanes) is 1. The minimum atomic E-state index is 0.560. The highest BCUT2D eigenvalue weighted by atomic mass is 15.1. The molecule has 0 saturated heterocycles. The van der Waals surface area contributed by atoms with Crippen molar-refractivity contribution in [3.8, 4) is 11.8 Å². The summed E-state index contributed by atoms with van der Waals surface area (Å²) in [6.45, 7) is 0.560. The summed E-state index contributed by atoms with van der Waals surface area (Å²) in [7, 11) is 0. The van der Waals surface area contributed by atoms with Gasteiger partial charge in [0.15, 0.2) is 0 Å². The smallest absolute Gasteiger partial charge is 0.0266 e. The van der Waals surface area contributed by atoms with Crippen LogP contribution in [0.1, 0.15) is 38.5 Å². The third-order valence-corrected chi connectivity index (χ3v) is 2.16. The molecule has 0 aliphatic heterocycles. The lowest BCUT2D eigenvalue weighted by molar-refractivity contribution is 0.715. The second-order valence-corrected chi connectivity index (χ2v) is 3.33. The Morgan fingerprint density at radius 1 is 1.50 bits per heavy atom. The molecule has 0 amide bonds. The van der Waals surface area contributed by atoms with E-state index in [-0.39, 0.29) is 0 Å². The molecule has 0 bridgehead atoms. The first kappa shape index (κ1) is 10.7. The molecule has 3 heteroatoms. The average Bonchev–Trinajstić information content (AvgIpc) is 2.25. The van der Waals surface area contributed by atoms with E-state index in [4.69, 9.17) is 5.53 Å². The van der Waals surface area contributed by atoms with Crippen molar-refractivity contribution < 1.29 is 0 Å². The second-order valence-electron chi connectivity index (χ2n) is 3.33. The van der Waals surface area contributed by atoms with Gasteiger partial charge in [-0.25, -0.2) is 0 Å². The van der Waals surface area contributed by atoms with E-state index in [9.17, 15) is 0 Å². The third-order valence-electron chi connectivity index (χ3n) is 2.16. The molecule has 1 aliphatic rings. The highest BCUT2D eigenvalue weighted by molar-refractivity contribution is 5.29. The molecule has 0 heterocycles. The van der Waals surface area contributed by atoms with Crippen LogP contribution in [-0.4, -0.2) is 6.54 Å². The van der Waals surface area contributed by atoms with Gasteiger partial charge >= 0.3 is 0 Å². The van der Waals surface area contributed by atoms with E-state index in [1.165, 1.54) is 24.8 Å². The fourth-order valence-electron chi connectivity index (χ4n) is 1.41. The van der Waals surface area contributed by atoms with E-state index in [0.717, 1.165) is 19.3 Å². The van der Waals surface area contributed by atoms with E-state index in [2.05, 4.69) is 27.9 Å². The molecule has 0 saturated carbocycles. The van der Waals surface area contributed by atoms with Gasteiger partial charge in [0.25, 0.3) is 0 Å². The van der Waals surface area contributed by atoms with Gasteiger partial charge in [-0.05, 0) is 43.2 Å². The molecule has 0 aromatic carbocycles. The molecule has 0 N–H and O–H groups in total. The zero-order valence-corrected chi connectivity index (χ0v) is 8.37. The molecule has 1 rings (SSSR count). The van der Waals surface area contributed by atoms with Gasteiger partial charge in [-0.1, -0.05) is 23.0 Å². The number of rotatable bonds is 3. The van der Waals surface area contributed by atoms with Crippen molar-refractivity contribution in [2.45, 2.75) is 38.5 Å². The van der Waals surface area contributed by atoms with Crippen molar-refractivity contribution in [1.29, 1.82) is 0 Å². The van der Waals surface area contributed by atoms with Crippen molar-refractivity contribution in [2.75, 3.05) is 6.54 Å². The molecule has 0 radical (unpaired) electrons. The van der Waals surface area contributed by atoms with Gasteiger partial charge in [0.05, 0.1) is 0 Å². The molecular weight excluding hydrogens is 174 g/mol. The quantitative estimate of drug-likeness (QED) is 0.214. The third kappa shape index (κ3) is 4.59. The molecule has 0 aromatic heterocycles. The van der Waals surface area contributed by atoms with E-state index in [1.807, 2.05) is 0 Å². The molecule has 0 aromatic rings. The highest BCUT2D eigenvalue weighted by Gasteiger charge is 1.98. The SMILES string of the molecule is [N-]=[N+]=NCCCC#CC1=CCCCC1. The van der Waals surface area contributed by atoms with E-state index < -0.39 is 0 Å². The fourth-order valence-corrected chi connectivity index (χ4v) is 1.41. The maximum atomic E-state index is 8.04. The Bertz CT molecular complexity index is 300. The largest absolute Gasteiger partial charge is 0.0982 e. The standard InChI is InChI=1S/C11H15N3/c12-14-13-10-6-2-5-9-11-7-3-1-4-8-11/h7H,1-4,6,8,10H2. The van der Waals surface area contributed by atoms with Crippen molar-refractivity contribution in [2.24, 2.45) is 5.11 Å². The van der Waals surface area contributed by atoms with Crippen molar-refractivity contribution >= 4 is 0 Å². The number of hydrogen-bond acceptors (Lipinski definition) is 1. The normalized spacial score (nSPS) is 14.7. The van der Waals surface area contributed by atoms with Crippen molar-refractivity contribution in [1.82, 2.24) is 0 Å². The molecule has 0 unspecified atom stereocenters. The van der Waals surface area contributed by atoms with Gasteiger partial charge in [-0.15, -0.1) is 0 Å². The molecular formula is C11H15N3. The molecule has 0 fully saturated rings. The Morgan fingerprint density at radius 2 is 2.43 bits per heavy atom. The minimum Gasteiger partial charge on any atom is -0.0982 e. The topological polar surface area (TPSA) is 48.8 Å². The Kier molecular flexibility index (Phi) is 5.39. The first-order valence-corrected chi connectivity index (χ1v) is 5.12. The van der Waals surface area contributed by atoms with Crippen LogP contribution in [0, 0.1) is 11.8 Å². The molecule has 3 nitrogen and oxygen atoms in total. The monoisotopic (exact) mass is 189 g/mol. The van der Waals surface area contributed by atoms with E-state index in [1.54, 1.807) is 0 Å². The van der Waals surface area contributed by atoms with Gasteiger partial charge in [-0.3, -0.25) is 0 Å². The van der Waals surface area contributed by atoms with Crippen molar-refractivity contribution in [3.05, 3.63) is 22.1 Å². The van der Waals surface area contributed by atoms with Crippen LogP contribution < -0.4 is 0 Å². The number of allylic oxidation sites excluding steroid dienone is 2. The van der Waals surface area contributed by atoms with Crippen LogP contribution in [0.5, 0.6) is 0 Å². The predicted octanol–water partition coefficient (Wildman–Crippen LogP) is 3.58. The first-order valence-electron chi connectivity index (χ1n) is 5.12. The summed E-state index contributed by atoms with van der Waals surface area (Å²) in [6, 6.07) is 0. The molecule has 0 spiro atoms. The summed E-state index contributed by atoms with van der Waals surface area (Å²) in [5, 5.41) is 3.45. The molecule has 74 valence electrons. The van der Waals surface area contributed by atoms with Gasteiger partial charge in [0.2, 0.25) is 0 Å². The van der Waals surface area contributed by atoms with Crippen LogP contribution >= 0.6 is 0 Å². The van der Waals surface area contributed by atoms with Crippen LogP contribution in [0.25, 0.3) is 10.4 Å². The minimum absolute atomic E-state index is 0.560. The van der Waals surface area contributed by atoms with Crippen LogP contribution in [0.3, 0.4) is 0 Å². The maximum Gasteiger partial charge on any atom is 0.0266 e. The first-order chi connectivity index (χ1) is 6.93. The Morgan fingerprint density at radius 3 is 3.14 bits per heavy atom.